The largest absolute Gasteiger partial charge is 0.494 e. The van der Waals surface area contributed by atoms with E-state index in [0.29, 0.717) is 0 Å². The van der Waals surface area contributed by atoms with E-state index < -0.39 is 0 Å². The fourth-order valence-corrected chi connectivity index (χ4v) is 4.98. The molecule has 0 radical (unpaired) electrons. The second-order valence-corrected chi connectivity index (χ2v) is 11.2. The van der Waals surface area contributed by atoms with Gasteiger partial charge >= 0.3 is 7.12 Å². The SMILES string of the molecule is CC1(C)c2ccc(Br)cc2C(C)(C)c2cc(B3OC(C)(C)C(C)(C)O3)ccc21. The van der Waals surface area contributed by atoms with Crippen LogP contribution in [0.2, 0.25) is 0 Å². The monoisotopic (exact) mass is 440 g/mol. The molecule has 2 aromatic carbocycles. The maximum absolute atomic E-state index is 6.32. The molecule has 1 aliphatic heterocycles. The van der Waals surface area contributed by atoms with Crippen molar-refractivity contribution >= 4 is 28.5 Å². The maximum Gasteiger partial charge on any atom is 0.494 e. The summed E-state index contributed by atoms with van der Waals surface area (Å²) >= 11 is 3.67. The number of benzene rings is 2. The van der Waals surface area contributed by atoms with Crippen LogP contribution in [0.25, 0.3) is 0 Å². The Bertz CT molecular complexity index is 943. The highest BCUT2D eigenvalue weighted by atomic mass is 79.9. The summed E-state index contributed by atoms with van der Waals surface area (Å²) in [6, 6.07) is 13.5. The highest BCUT2D eigenvalue weighted by Crippen LogP contribution is 2.50. The zero-order valence-electron chi connectivity index (χ0n) is 18.2. The minimum atomic E-state index is -0.335. The molecule has 0 spiro atoms. The molecular formula is C24H30BBrO2. The molecule has 2 aromatic rings. The summed E-state index contributed by atoms with van der Waals surface area (Å²) < 4.78 is 13.8. The van der Waals surface area contributed by atoms with Crippen LogP contribution in [0, 0.1) is 0 Å². The van der Waals surface area contributed by atoms with Gasteiger partial charge in [0.25, 0.3) is 0 Å². The van der Waals surface area contributed by atoms with Crippen molar-refractivity contribution in [3.63, 3.8) is 0 Å². The van der Waals surface area contributed by atoms with Gasteiger partial charge in [0.15, 0.2) is 0 Å². The van der Waals surface area contributed by atoms with Gasteiger partial charge in [-0.3, -0.25) is 0 Å². The second-order valence-electron chi connectivity index (χ2n) is 10.3. The molecule has 4 heteroatoms. The van der Waals surface area contributed by atoms with Gasteiger partial charge in [0.05, 0.1) is 11.2 Å². The fourth-order valence-electron chi connectivity index (χ4n) is 4.62. The minimum Gasteiger partial charge on any atom is -0.399 e. The van der Waals surface area contributed by atoms with E-state index >= 15 is 0 Å². The van der Waals surface area contributed by atoms with Crippen LogP contribution in [-0.4, -0.2) is 18.3 Å². The van der Waals surface area contributed by atoms with Crippen molar-refractivity contribution in [3.05, 3.63) is 63.1 Å². The van der Waals surface area contributed by atoms with Crippen LogP contribution in [0.4, 0.5) is 0 Å². The van der Waals surface area contributed by atoms with Gasteiger partial charge in [-0.05, 0) is 67.5 Å². The third-order valence-electron chi connectivity index (χ3n) is 7.24. The average molecular weight is 441 g/mol. The van der Waals surface area contributed by atoms with E-state index in [2.05, 4.69) is 108 Å². The Hall–Kier alpha value is -1.10. The van der Waals surface area contributed by atoms with Crippen molar-refractivity contribution in [1.82, 2.24) is 0 Å². The Morgan fingerprint density at radius 2 is 1.11 bits per heavy atom. The van der Waals surface area contributed by atoms with Crippen LogP contribution in [0.5, 0.6) is 0 Å². The summed E-state index contributed by atoms with van der Waals surface area (Å²) in [6.07, 6.45) is 0. The highest BCUT2D eigenvalue weighted by Gasteiger charge is 2.52. The van der Waals surface area contributed by atoms with Gasteiger partial charge in [0.2, 0.25) is 0 Å². The lowest BCUT2D eigenvalue weighted by Crippen LogP contribution is -2.41. The number of hydrogen-bond donors (Lipinski definition) is 0. The highest BCUT2D eigenvalue weighted by molar-refractivity contribution is 9.10. The van der Waals surface area contributed by atoms with Crippen LogP contribution in [-0.2, 0) is 20.1 Å². The van der Waals surface area contributed by atoms with Crippen LogP contribution >= 0.6 is 15.9 Å². The Balaban J connectivity index is 1.86. The third kappa shape index (κ3) is 2.75. The first kappa shape index (κ1) is 20.2. The van der Waals surface area contributed by atoms with Gasteiger partial charge in [-0.25, -0.2) is 0 Å². The Labute approximate surface area is 178 Å². The molecule has 148 valence electrons. The fraction of sp³-hybridized carbons (Fsp3) is 0.500. The molecule has 2 aliphatic rings. The predicted octanol–water partition coefficient (Wildman–Crippen LogP) is 5.71. The van der Waals surface area contributed by atoms with E-state index in [9.17, 15) is 0 Å². The maximum atomic E-state index is 6.32. The van der Waals surface area contributed by atoms with E-state index in [1.807, 2.05) is 0 Å². The molecule has 0 unspecified atom stereocenters. The standard InChI is InChI=1S/C24H30BBrO2/c1-21(2)17-11-9-15(25-27-23(5,6)24(7,8)28-25)13-19(17)22(3,4)20-14-16(26)10-12-18(20)21/h9-14H,1-8H3. The third-order valence-corrected chi connectivity index (χ3v) is 7.74. The summed E-state index contributed by atoms with van der Waals surface area (Å²) in [4.78, 5) is 0. The molecule has 1 saturated heterocycles. The smallest absolute Gasteiger partial charge is 0.399 e. The van der Waals surface area contributed by atoms with Crippen LogP contribution in [0.1, 0.15) is 77.6 Å². The molecule has 0 bridgehead atoms. The molecule has 0 aromatic heterocycles. The van der Waals surface area contributed by atoms with Crippen molar-refractivity contribution in [2.45, 2.75) is 77.4 Å². The first-order chi connectivity index (χ1) is 12.8. The molecule has 0 amide bonds. The number of rotatable bonds is 1. The van der Waals surface area contributed by atoms with Gasteiger partial charge in [-0.15, -0.1) is 0 Å². The first-order valence-electron chi connectivity index (χ1n) is 10.1. The molecule has 1 aliphatic carbocycles. The zero-order chi connectivity index (χ0) is 20.7. The molecule has 0 N–H and O–H groups in total. The van der Waals surface area contributed by atoms with Crippen molar-refractivity contribution in [1.29, 1.82) is 0 Å². The Morgan fingerprint density at radius 1 is 0.643 bits per heavy atom. The zero-order valence-corrected chi connectivity index (χ0v) is 19.8. The van der Waals surface area contributed by atoms with Crippen LogP contribution < -0.4 is 5.46 Å². The molecule has 28 heavy (non-hydrogen) atoms. The van der Waals surface area contributed by atoms with E-state index in [0.717, 1.165) is 9.94 Å². The van der Waals surface area contributed by atoms with Crippen LogP contribution in [0.3, 0.4) is 0 Å². The molecular weight excluding hydrogens is 411 g/mol. The summed E-state index contributed by atoms with van der Waals surface area (Å²) in [7, 11) is -0.335. The average Bonchev–Trinajstić information content (AvgIpc) is 2.81. The number of hydrogen-bond acceptors (Lipinski definition) is 2. The predicted molar refractivity (Wildman–Crippen MR) is 121 cm³/mol. The van der Waals surface area contributed by atoms with E-state index in [1.165, 1.54) is 22.3 Å². The van der Waals surface area contributed by atoms with E-state index in [4.69, 9.17) is 9.31 Å². The lowest BCUT2D eigenvalue weighted by molar-refractivity contribution is 0.00578. The number of fused-ring (bicyclic) bond motifs is 2. The Kier molecular flexibility index (Phi) is 4.30. The summed E-state index contributed by atoms with van der Waals surface area (Å²) in [6.45, 7) is 17.7. The Morgan fingerprint density at radius 3 is 1.68 bits per heavy atom. The second kappa shape index (κ2) is 5.96. The first-order valence-corrected chi connectivity index (χ1v) is 10.9. The van der Waals surface area contributed by atoms with Gasteiger partial charge in [0, 0.05) is 15.3 Å². The van der Waals surface area contributed by atoms with E-state index in [1.54, 1.807) is 0 Å². The summed E-state index contributed by atoms with van der Waals surface area (Å²) in [5.41, 5.74) is 5.81. The minimum absolute atomic E-state index is 0.0463. The lowest BCUT2D eigenvalue weighted by atomic mass is 9.59. The normalized spacial score (nSPS) is 23.2. The van der Waals surface area contributed by atoms with Crippen molar-refractivity contribution in [2.24, 2.45) is 0 Å². The van der Waals surface area contributed by atoms with Gasteiger partial charge in [-0.1, -0.05) is 67.9 Å². The molecule has 0 saturated carbocycles. The van der Waals surface area contributed by atoms with Crippen molar-refractivity contribution in [3.8, 4) is 0 Å². The van der Waals surface area contributed by atoms with Gasteiger partial charge < -0.3 is 9.31 Å². The van der Waals surface area contributed by atoms with E-state index in [-0.39, 0.29) is 29.2 Å². The molecule has 2 nitrogen and oxygen atoms in total. The van der Waals surface area contributed by atoms with Crippen molar-refractivity contribution in [2.75, 3.05) is 0 Å². The van der Waals surface area contributed by atoms with Gasteiger partial charge in [-0.2, -0.15) is 0 Å². The van der Waals surface area contributed by atoms with Crippen LogP contribution in [0.15, 0.2) is 40.9 Å². The molecule has 4 rings (SSSR count). The summed E-state index contributed by atoms with van der Waals surface area (Å²) in [5, 5.41) is 0. The molecule has 0 atom stereocenters. The quantitative estimate of drug-likeness (QED) is 0.528. The number of halogens is 1. The van der Waals surface area contributed by atoms with Crippen molar-refractivity contribution < 1.29 is 9.31 Å². The summed E-state index contributed by atoms with van der Waals surface area (Å²) in [5.74, 6) is 0. The van der Waals surface area contributed by atoms with Gasteiger partial charge in [0.1, 0.15) is 0 Å². The topological polar surface area (TPSA) is 18.5 Å². The lowest BCUT2D eigenvalue weighted by Gasteiger charge is -2.44. The molecule has 1 heterocycles. The molecule has 1 fully saturated rings.